The fourth-order valence-corrected chi connectivity index (χ4v) is 3.15. The summed E-state index contributed by atoms with van der Waals surface area (Å²) in [4.78, 5) is 23.5. The third-order valence-electron chi connectivity index (χ3n) is 2.55. The van der Waals surface area contributed by atoms with Crippen molar-refractivity contribution in [3.05, 3.63) is 44.3 Å². The van der Waals surface area contributed by atoms with Gasteiger partial charge in [0.25, 0.3) is 11.7 Å². The van der Waals surface area contributed by atoms with Crippen LogP contribution >= 0.6 is 22.7 Å². The predicted octanol–water partition coefficient (Wildman–Crippen LogP) is 3.53. The summed E-state index contributed by atoms with van der Waals surface area (Å²) in [6, 6.07) is 6.08. The molecule has 0 aromatic carbocycles. The Kier molecular flexibility index (Phi) is 4.79. The van der Waals surface area contributed by atoms with Gasteiger partial charge in [0.2, 0.25) is 0 Å². The highest BCUT2D eigenvalue weighted by Crippen LogP contribution is 2.26. The van der Waals surface area contributed by atoms with Crippen LogP contribution < -0.4 is 5.32 Å². The molecule has 0 unspecified atom stereocenters. The maximum Gasteiger partial charge on any atom is 0.455 e. The van der Waals surface area contributed by atoms with E-state index in [1.54, 1.807) is 11.3 Å². The van der Waals surface area contributed by atoms with E-state index in [-0.39, 0.29) is 4.88 Å². The van der Waals surface area contributed by atoms with Crippen molar-refractivity contribution < 1.29 is 22.8 Å². The van der Waals surface area contributed by atoms with Crippen molar-refractivity contribution in [3.8, 4) is 0 Å². The molecule has 0 spiro atoms. The lowest BCUT2D eigenvalue weighted by Gasteiger charge is -2.02. The lowest BCUT2D eigenvalue weighted by Crippen LogP contribution is -2.24. The minimum atomic E-state index is -4.92. The molecule has 0 aliphatic heterocycles. The van der Waals surface area contributed by atoms with Crippen LogP contribution in [0.2, 0.25) is 0 Å². The van der Waals surface area contributed by atoms with Crippen molar-refractivity contribution in [2.75, 3.05) is 6.54 Å². The smallest absolute Gasteiger partial charge is 0.351 e. The third kappa shape index (κ3) is 4.15. The molecule has 2 heterocycles. The number of ketones is 1. The third-order valence-corrected chi connectivity index (χ3v) is 4.57. The highest BCUT2D eigenvalue weighted by Gasteiger charge is 2.40. The van der Waals surface area contributed by atoms with Gasteiger partial charge in [0.05, 0.1) is 9.75 Å². The van der Waals surface area contributed by atoms with Gasteiger partial charge in [0, 0.05) is 11.4 Å². The number of hydrogen-bond acceptors (Lipinski definition) is 4. The Morgan fingerprint density at radius 2 is 1.86 bits per heavy atom. The molecule has 0 saturated carbocycles. The average molecular weight is 333 g/mol. The first kappa shape index (κ1) is 15.7. The summed E-state index contributed by atoms with van der Waals surface area (Å²) in [5, 5.41) is 4.54. The first-order valence-corrected chi connectivity index (χ1v) is 7.59. The van der Waals surface area contributed by atoms with E-state index < -0.39 is 22.7 Å². The van der Waals surface area contributed by atoms with Crippen LogP contribution in [0.5, 0.6) is 0 Å². The van der Waals surface area contributed by atoms with Crippen molar-refractivity contribution in [1.82, 2.24) is 5.32 Å². The maximum atomic E-state index is 12.3. The number of halogens is 3. The normalized spacial score (nSPS) is 11.4. The van der Waals surface area contributed by atoms with Gasteiger partial charge in [0.1, 0.15) is 0 Å². The molecule has 0 fully saturated rings. The lowest BCUT2D eigenvalue weighted by molar-refractivity contribution is -0.0882. The number of nitrogens with one attached hydrogen (secondary N) is 1. The van der Waals surface area contributed by atoms with Gasteiger partial charge in [0.15, 0.2) is 0 Å². The zero-order valence-electron chi connectivity index (χ0n) is 10.6. The van der Waals surface area contributed by atoms with Crippen molar-refractivity contribution in [3.63, 3.8) is 0 Å². The molecule has 3 nitrogen and oxygen atoms in total. The van der Waals surface area contributed by atoms with E-state index in [1.807, 2.05) is 17.5 Å². The Labute approximate surface area is 126 Å². The molecule has 2 aromatic heterocycles. The molecular weight excluding hydrogens is 323 g/mol. The Morgan fingerprint density at radius 1 is 1.14 bits per heavy atom. The Bertz CT molecular complexity index is 632. The Morgan fingerprint density at radius 3 is 2.48 bits per heavy atom. The SMILES string of the molecule is O=C(NCCc1cccs1)c1ccc(C(=O)C(F)(F)F)s1. The molecule has 2 rings (SSSR count). The van der Waals surface area contributed by atoms with Crippen molar-refractivity contribution in [2.24, 2.45) is 0 Å². The van der Waals surface area contributed by atoms with Gasteiger partial charge < -0.3 is 5.32 Å². The van der Waals surface area contributed by atoms with Gasteiger partial charge >= 0.3 is 6.18 Å². The second kappa shape index (κ2) is 6.40. The van der Waals surface area contributed by atoms with E-state index in [0.29, 0.717) is 24.3 Å². The summed E-state index contributed by atoms with van der Waals surface area (Å²) in [6.45, 7) is 0.389. The standard InChI is InChI=1S/C13H10F3NO2S2/c14-13(15,16)11(18)9-3-4-10(21-9)12(19)17-6-5-8-2-1-7-20-8/h1-4,7H,5-6H2,(H,17,19). The summed E-state index contributed by atoms with van der Waals surface area (Å²) in [5.41, 5.74) is 0. The first-order valence-electron chi connectivity index (χ1n) is 5.90. The Hall–Kier alpha value is -1.67. The molecule has 2 aromatic rings. The molecule has 0 atom stereocenters. The van der Waals surface area contributed by atoms with Crippen LogP contribution in [0.4, 0.5) is 13.2 Å². The summed E-state index contributed by atoms with van der Waals surface area (Å²) < 4.78 is 36.8. The molecule has 8 heteroatoms. The van der Waals surface area contributed by atoms with Crippen molar-refractivity contribution in [1.29, 1.82) is 0 Å². The van der Waals surface area contributed by atoms with E-state index in [2.05, 4.69) is 5.32 Å². The van der Waals surface area contributed by atoms with Gasteiger partial charge in [-0.3, -0.25) is 9.59 Å². The minimum Gasteiger partial charge on any atom is -0.351 e. The van der Waals surface area contributed by atoms with Crippen molar-refractivity contribution >= 4 is 34.4 Å². The molecule has 0 radical (unpaired) electrons. The highest BCUT2D eigenvalue weighted by molar-refractivity contribution is 7.16. The number of carbonyl (C=O) groups is 2. The molecule has 0 aliphatic rings. The van der Waals surface area contributed by atoms with Crippen LogP contribution in [-0.2, 0) is 6.42 Å². The summed E-state index contributed by atoms with van der Waals surface area (Å²) >= 11 is 2.11. The fraction of sp³-hybridized carbons (Fsp3) is 0.231. The quantitative estimate of drug-likeness (QED) is 0.851. The summed E-state index contributed by atoms with van der Waals surface area (Å²) in [5.74, 6) is -2.40. The Balaban J connectivity index is 1.91. The second-order valence-electron chi connectivity index (χ2n) is 4.08. The predicted molar refractivity (Wildman–Crippen MR) is 75.1 cm³/mol. The molecule has 1 amide bonds. The maximum absolute atomic E-state index is 12.3. The van der Waals surface area contributed by atoms with Crippen molar-refractivity contribution in [2.45, 2.75) is 12.6 Å². The molecular formula is C13H10F3NO2S2. The van der Waals surface area contributed by atoms with Gasteiger partial charge in [-0.25, -0.2) is 0 Å². The number of alkyl halides is 3. The van der Waals surface area contributed by atoms with Gasteiger partial charge in [-0.15, -0.1) is 22.7 Å². The zero-order chi connectivity index (χ0) is 15.5. The van der Waals surface area contributed by atoms with Crippen LogP contribution in [0.25, 0.3) is 0 Å². The van der Waals surface area contributed by atoms with E-state index in [0.717, 1.165) is 10.9 Å². The van der Waals surface area contributed by atoms with E-state index in [4.69, 9.17) is 0 Å². The summed E-state index contributed by atoms with van der Waals surface area (Å²) in [6.07, 6.45) is -4.26. The van der Waals surface area contributed by atoms with Crippen LogP contribution in [0.3, 0.4) is 0 Å². The molecule has 0 aliphatic carbocycles. The van der Waals surface area contributed by atoms with Gasteiger partial charge in [-0.1, -0.05) is 6.07 Å². The van der Waals surface area contributed by atoms with Gasteiger partial charge in [-0.2, -0.15) is 13.2 Å². The number of amides is 1. The molecule has 1 N–H and O–H groups in total. The highest BCUT2D eigenvalue weighted by atomic mass is 32.1. The minimum absolute atomic E-state index is 0.0915. The van der Waals surface area contributed by atoms with Crippen LogP contribution in [-0.4, -0.2) is 24.4 Å². The first-order chi connectivity index (χ1) is 9.88. The lowest BCUT2D eigenvalue weighted by atomic mass is 10.3. The number of thiophene rings is 2. The number of carbonyl (C=O) groups excluding carboxylic acids is 2. The second-order valence-corrected chi connectivity index (χ2v) is 6.19. The van der Waals surface area contributed by atoms with Crippen LogP contribution in [0.15, 0.2) is 29.6 Å². The van der Waals surface area contributed by atoms with Crippen LogP contribution in [0, 0.1) is 0 Å². The number of Topliss-reactive ketones (excluding diaryl/α,β-unsaturated/α-hetero) is 1. The molecule has 0 bridgehead atoms. The van der Waals surface area contributed by atoms with Crippen LogP contribution in [0.1, 0.15) is 24.2 Å². The fourth-order valence-electron chi connectivity index (χ4n) is 1.56. The van der Waals surface area contributed by atoms with Gasteiger partial charge in [-0.05, 0) is 30.0 Å². The van der Waals surface area contributed by atoms with E-state index >= 15 is 0 Å². The van der Waals surface area contributed by atoms with E-state index in [9.17, 15) is 22.8 Å². The number of rotatable bonds is 5. The molecule has 21 heavy (non-hydrogen) atoms. The van der Waals surface area contributed by atoms with E-state index in [1.165, 1.54) is 6.07 Å². The molecule has 0 saturated heterocycles. The summed E-state index contributed by atoms with van der Waals surface area (Å²) in [7, 11) is 0. The zero-order valence-corrected chi connectivity index (χ0v) is 12.2. The monoisotopic (exact) mass is 333 g/mol. The topological polar surface area (TPSA) is 46.2 Å². The average Bonchev–Trinajstić information content (AvgIpc) is 3.07. The number of hydrogen-bond donors (Lipinski definition) is 1. The molecule has 112 valence electrons. The largest absolute Gasteiger partial charge is 0.455 e.